The van der Waals surface area contributed by atoms with Crippen molar-refractivity contribution in [3.8, 4) is 0 Å². The van der Waals surface area contributed by atoms with Crippen LogP contribution in [-0.2, 0) is 14.9 Å². The highest BCUT2D eigenvalue weighted by molar-refractivity contribution is 9.10. The lowest BCUT2D eigenvalue weighted by Gasteiger charge is -2.18. The number of amides is 1. The fourth-order valence-electron chi connectivity index (χ4n) is 2.18. The highest BCUT2D eigenvalue weighted by Crippen LogP contribution is 2.48. The van der Waals surface area contributed by atoms with Gasteiger partial charge in [-0.15, -0.1) is 0 Å². The molecule has 5 heteroatoms. The van der Waals surface area contributed by atoms with E-state index < -0.39 is 6.04 Å². The molecule has 0 bridgehead atoms. The van der Waals surface area contributed by atoms with E-state index in [1.807, 2.05) is 12.1 Å². The van der Waals surface area contributed by atoms with Gasteiger partial charge in [0.05, 0.1) is 6.61 Å². The summed E-state index contributed by atoms with van der Waals surface area (Å²) in [4.78, 5) is 11.8. The monoisotopic (exact) mass is 326 g/mol. The van der Waals surface area contributed by atoms with Crippen molar-refractivity contribution in [1.82, 2.24) is 5.32 Å². The van der Waals surface area contributed by atoms with Crippen molar-refractivity contribution in [1.29, 1.82) is 0 Å². The van der Waals surface area contributed by atoms with Gasteiger partial charge in [0.1, 0.15) is 6.04 Å². The fourth-order valence-corrected chi connectivity index (χ4v) is 2.58. The van der Waals surface area contributed by atoms with Gasteiger partial charge in [-0.3, -0.25) is 4.79 Å². The standard InChI is InChI=1S/C14H19BrN2O2/c1-19-8-12(16)13(18)17-9-14(5-6-14)10-3-2-4-11(15)7-10/h2-4,7,12H,5-6,8-9,16H2,1H3,(H,17,18). The molecule has 1 unspecified atom stereocenters. The molecular weight excluding hydrogens is 308 g/mol. The van der Waals surface area contributed by atoms with Crippen molar-refractivity contribution in [3.05, 3.63) is 34.3 Å². The minimum atomic E-state index is -0.594. The molecule has 1 aromatic carbocycles. The number of carbonyl (C=O) groups is 1. The Balaban J connectivity index is 1.94. The Morgan fingerprint density at radius 3 is 2.89 bits per heavy atom. The molecule has 0 aromatic heterocycles. The maximum atomic E-state index is 11.8. The van der Waals surface area contributed by atoms with E-state index in [0.717, 1.165) is 17.3 Å². The number of nitrogens with one attached hydrogen (secondary N) is 1. The molecule has 1 atom stereocenters. The molecule has 3 N–H and O–H groups in total. The highest BCUT2D eigenvalue weighted by Gasteiger charge is 2.44. The molecule has 1 aromatic rings. The van der Waals surface area contributed by atoms with Gasteiger partial charge in [-0.2, -0.15) is 0 Å². The van der Waals surface area contributed by atoms with Gasteiger partial charge in [-0.05, 0) is 30.5 Å². The molecule has 19 heavy (non-hydrogen) atoms. The van der Waals surface area contributed by atoms with Crippen molar-refractivity contribution in [3.63, 3.8) is 0 Å². The van der Waals surface area contributed by atoms with Crippen molar-refractivity contribution in [2.24, 2.45) is 5.73 Å². The van der Waals surface area contributed by atoms with Gasteiger partial charge < -0.3 is 15.8 Å². The number of rotatable bonds is 6. The van der Waals surface area contributed by atoms with Crippen molar-refractivity contribution in [2.75, 3.05) is 20.3 Å². The molecule has 1 saturated carbocycles. The lowest BCUT2D eigenvalue weighted by Crippen LogP contribution is -2.45. The van der Waals surface area contributed by atoms with E-state index in [0.29, 0.717) is 6.54 Å². The molecule has 1 aliphatic carbocycles. The highest BCUT2D eigenvalue weighted by atomic mass is 79.9. The maximum absolute atomic E-state index is 11.8. The number of benzene rings is 1. The van der Waals surface area contributed by atoms with E-state index in [1.54, 1.807) is 0 Å². The molecule has 4 nitrogen and oxygen atoms in total. The zero-order chi connectivity index (χ0) is 13.9. The number of nitrogens with two attached hydrogens (primary N) is 1. The molecule has 1 aliphatic rings. The quantitative estimate of drug-likeness (QED) is 0.834. The second-order valence-corrected chi connectivity index (χ2v) is 5.99. The number of carbonyl (C=O) groups excluding carboxylic acids is 1. The largest absolute Gasteiger partial charge is 0.383 e. The predicted molar refractivity (Wildman–Crippen MR) is 77.9 cm³/mol. The van der Waals surface area contributed by atoms with E-state index in [-0.39, 0.29) is 17.9 Å². The Kier molecular flexibility index (Phi) is 4.60. The summed E-state index contributed by atoms with van der Waals surface area (Å²) in [6.07, 6.45) is 2.20. The van der Waals surface area contributed by atoms with Crippen LogP contribution in [0.4, 0.5) is 0 Å². The van der Waals surface area contributed by atoms with Crippen molar-refractivity contribution < 1.29 is 9.53 Å². The van der Waals surface area contributed by atoms with Gasteiger partial charge in [0.25, 0.3) is 0 Å². The van der Waals surface area contributed by atoms with E-state index in [9.17, 15) is 4.79 Å². The third kappa shape index (κ3) is 3.55. The van der Waals surface area contributed by atoms with Crippen LogP contribution >= 0.6 is 15.9 Å². The average Bonchev–Trinajstić information content (AvgIpc) is 3.17. The molecule has 2 rings (SSSR count). The van der Waals surface area contributed by atoms with E-state index in [2.05, 4.69) is 33.4 Å². The number of hydrogen-bond acceptors (Lipinski definition) is 3. The zero-order valence-corrected chi connectivity index (χ0v) is 12.6. The van der Waals surface area contributed by atoms with Crippen LogP contribution in [0.2, 0.25) is 0 Å². The summed E-state index contributed by atoms with van der Waals surface area (Å²) in [5.74, 6) is -0.150. The van der Waals surface area contributed by atoms with Crippen LogP contribution in [-0.4, -0.2) is 32.2 Å². The lowest BCUT2D eigenvalue weighted by atomic mass is 9.96. The second-order valence-electron chi connectivity index (χ2n) is 5.07. The van der Waals surface area contributed by atoms with Crippen LogP contribution < -0.4 is 11.1 Å². The van der Waals surface area contributed by atoms with Gasteiger partial charge in [-0.25, -0.2) is 0 Å². The van der Waals surface area contributed by atoms with Gasteiger partial charge in [-0.1, -0.05) is 28.1 Å². The first-order valence-corrected chi connectivity index (χ1v) is 7.15. The minimum absolute atomic E-state index is 0.0895. The molecule has 1 fully saturated rings. The maximum Gasteiger partial charge on any atom is 0.239 e. The first-order chi connectivity index (χ1) is 9.07. The van der Waals surface area contributed by atoms with Crippen LogP contribution in [0, 0.1) is 0 Å². The molecule has 0 aliphatic heterocycles. The van der Waals surface area contributed by atoms with Crippen LogP contribution in [0.25, 0.3) is 0 Å². The summed E-state index contributed by atoms with van der Waals surface area (Å²) in [6, 6.07) is 7.67. The normalized spacial score (nSPS) is 17.8. The molecule has 104 valence electrons. The Hall–Kier alpha value is -0.910. The summed E-state index contributed by atoms with van der Waals surface area (Å²) in [5, 5.41) is 2.93. The van der Waals surface area contributed by atoms with Gasteiger partial charge in [0, 0.05) is 23.5 Å². The summed E-state index contributed by atoms with van der Waals surface area (Å²) < 4.78 is 5.95. The van der Waals surface area contributed by atoms with E-state index in [4.69, 9.17) is 10.5 Å². The number of halogens is 1. The smallest absolute Gasteiger partial charge is 0.239 e. The Morgan fingerprint density at radius 2 is 2.32 bits per heavy atom. The van der Waals surface area contributed by atoms with E-state index in [1.165, 1.54) is 12.7 Å². The van der Waals surface area contributed by atoms with Crippen LogP contribution in [0.1, 0.15) is 18.4 Å². The molecule has 0 heterocycles. The summed E-state index contributed by atoms with van der Waals surface area (Å²) in [5.41, 5.74) is 7.05. The SMILES string of the molecule is COCC(N)C(=O)NCC1(c2cccc(Br)c2)CC1. The molecular formula is C14H19BrN2O2. The summed E-state index contributed by atoms with van der Waals surface area (Å²) >= 11 is 3.48. The first kappa shape index (κ1) is 14.5. The fraction of sp³-hybridized carbons (Fsp3) is 0.500. The lowest BCUT2D eigenvalue weighted by molar-refractivity contribution is -0.123. The summed E-state index contributed by atoms with van der Waals surface area (Å²) in [7, 11) is 1.54. The van der Waals surface area contributed by atoms with Gasteiger partial charge in [0.15, 0.2) is 0 Å². The molecule has 1 amide bonds. The number of ether oxygens (including phenoxy) is 1. The van der Waals surface area contributed by atoms with Crippen molar-refractivity contribution in [2.45, 2.75) is 24.3 Å². The first-order valence-electron chi connectivity index (χ1n) is 6.36. The van der Waals surface area contributed by atoms with Crippen LogP contribution in [0.3, 0.4) is 0 Å². The third-order valence-corrected chi connectivity index (χ3v) is 4.07. The molecule has 0 radical (unpaired) electrons. The van der Waals surface area contributed by atoms with E-state index >= 15 is 0 Å². The molecule has 0 spiro atoms. The average molecular weight is 327 g/mol. The predicted octanol–water partition coefficient (Wildman–Crippen LogP) is 1.57. The Labute approximate surface area is 121 Å². The van der Waals surface area contributed by atoms with Crippen LogP contribution in [0.15, 0.2) is 28.7 Å². The summed E-state index contributed by atoms with van der Waals surface area (Å²) in [6.45, 7) is 0.884. The minimum Gasteiger partial charge on any atom is -0.383 e. The Morgan fingerprint density at radius 1 is 1.58 bits per heavy atom. The van der Waals surface area contributed by atoms with Crippen LogP contribution in [0.5, 0.6) is 0 Å². The Bertz CT molecular complexity index is 461. The van der Waals surface area contributed by atoms with Crippen molar-refractivity contribution >= 4 is 21.8 Å². The van der Waals surface area contributed by atoms with Gasteiger partial charge >= 0.3 is 0 Å². The third-order valence-electron chi connectivity index (χ3n) is 3.57. The van der Waals surface area contributed by atoms with Gasteiger partial charge in [0.2, 0.25) is 5.91 Å². The second kappa shape index (κ2) is 6.03. The zero-order valence-electron chi connectivity index (χ0n) is 11.0. The number of methoxy groups -OCH3 is 1. The molecule has 0 saturated heterocycles. The number of hydrogen-bond donors (Lipinski definition) is 2. The topological polar surface area (TPSA) is 64.3 Å².